The number of hydrogen-bond donors (Lipinski definition) is 1. The average molecular weight is 291 g/mol. The van der Waals surface area contributed by atoms with Gasteiger partial charge in [-0.1, -0.05) is 0 Å². The van der Waals surface area contributed by atoms with Crippen LogP contribution in [-0.4, -0.2) is 38.0 Å². The Morgan fingerprint density at radius 3 is 2.76 bits per heavy atom. The van der Waals surface area contributed by atoms with Crippen molar-refractivity contribution in [3.63, 3.8) is 0 Å². The second-order valence-electron chi connectivity index (χ2n) is 4.46. The van der Waals surface area contributed by atoms with Crippen molar-refractivity contribution in [2.45, 2.75) is 13.5 Å². The Hall–Kier alpha value is -2.64. The Bertz CT molecular complexity index is 659. The summed E-state index contributed by atoms with van der Waals surface area (Å²) >= 11 is 0. The third kappa shape index (κ3) is 3.47. The summed E-state index contributed by atoms with van der Waals surface area (Å²) in [6.45, 7) is 2.33. The van der Waals surface area contributed by atoms with Gasteiger partial charge < -0.3 is 10.1 Å². The van der Waals surface area contributed by atoms with Gasteiger partial charge in [-0.2, -0.15) is 10.2 Å². The van der Waals surface area contributed by atoms with Crippen LogP contribution in [0.3, 0.4) is 0 Å². The van der Waals surface area contributed by atoms with Gasteiger partial charge in [0, 0.05) is 38.5 Å². The lowest BCUT2D eigenvalue weighted by Crippen LogP contribution is -2.23. The normalized spacial score (nSPS) is 10.4. The van der Waals surface area contributed by atoms with E-state index in [1.54, 1.807) is 31.9 Å². The topological polar surface area (TPSA) is 91.0 Å². The van der Waals surface area contributed by atoms with Crippen LogP contribution in [0.1, 0.15) is 33.5 Å². The summed E-state index contributed by atoms with van der Waals surface area (Å²) < 4.78 is 7.88. The lowest BCUT2D eigenvalue weighted by molar-refractivity contribution is 0.0513. The number of nitrogens with zero attached hydrogens (tertiary/aromatic N) is 4. The summed E-state index contributed by atoms with van der Waals surface area (Å²) in [7, 11) is 3.39. The summed E-state index contributed by atoms with van der Waals surface area (Å²) in [5.41, 5.74) is 1.29. The molecule has 0 radical (unpaired) electrons. The molecule has 0 aliphatic rings. The number of rotatable bonds is 5. The first-order chi connectivity index (χ1) is 10.0. The molecule has 0 fully saturated rings. The maximum Gasteiger partial charge on any atom is 0.356 e. The molecule has 0 saturated heterocycles. The van der Waals surface area contributed by atoms with Crippen molar-refractivity contribution in [3.05, 3.63) is 35.4 Å². The first kappa shape index (κ1) is 14.8. The minimum absolute atomic E-state index is 0.171. The molecule has 1 N–H and O–H groups in total. The van der Waals surface area contributed by atoms with E-state index >= 15 is 0 Å². The smallest absolute Gasteiger partial charge is 0.356 e. The van der Waals surface area contributed by atoms with Gasteiger partial charge in [-0.15, -0.1) is 0 Å². The quantitative estimate of drug-likeness (QED) is 0.798. The van der Waals surface area contributed by atoms with Gasteiger partial charge in [-0.3, -0.25) is 14.2 Å². The minimum Gasteiger partial charge on any atom is -0.461 e. The molecule has 2 rings (SSSR count). The number of aromatic nitrogens is 4. The molecule has 0 aromatic carbocycles. The third-order valence-corrected chi connectivity index (χ3v) is 2.81. The molecule has 1 amide bonds. The van der Waals surface area contributed by atoms with E-state index in [-0.39, 0.29) is 23.9 Å². The molecule has 0 bridgehead atoms. The van der Waals surface area contributed by atoms with E-state index in [1.165, 1.54) is 10.7 Å². The lowest BCUT2D eigenvalue weighted by atomic mass is 10.3. The SMILES string of the molecule is CCOC(=O)c1cc(C(=O)NCc2cnn(C)c2)nn1C. The minimum atomic E-state index is -0.501. The molecule has 2 aromatic heterocycles. The zero-order valence-electron chi connectivity index (χ0n) is 12.2. The molecule has 0 spiro atoms. The molecule has 0 unspecified atom stereocenters. The van der Waals surface area contributed by atoms with Crippen molar-refractivity contribution < 1.29 is 14.3 Å². The number of aryl methyl sites for hydroxylation is 2. The molecule has 112 valence electrons. The number of carbonyl (C=O) groups excluding carboxylic acids is 2. The van der Waals surface area contributed by atoms with Crippen LogP contribution < -0.4 is 5.32 Å². The van der Waals surface area contributed by atoms with Gasteiger partial charge in [0.1, 0.15) is 5.69 Å². The highest BCUT2D eigenvalue weighted by atomic mass is 16.5. The fourth-order valence-electron chi connectivity index (χ4n) is 1.81. The number of carbonyl (C=O) groups is 2. The Morgan fingerprint density at radius 2 is 2.14 bits per heavy atom. The second-order valence-corrected chi connectivity index (χ2v) is 4.46. The van der Waals surface area contributed by atoms with Gasteiger partial charge in [0.05, 0.1) is 12.8 Å². The van der Waals surface area contributed by atoms with Crippen LogP contribution in [0, 0.1) is 0 Å². The van der Waals surface area contributed by atoms with Crippen LogP contribution in [0.5, 0.6) is 0 Å². The van der Waals surface area contributed by atoms with Crippen molar-refractivity contribution in [2.75, 3.05) is 6.61 Å². The molecule has 0 aliphatic heterocycles. The zero-order valence-corrected chi connectivity index (χ0v) is 12.2. The zero-order chi connectivity index (χ0) is 15.4. The Balaban J connectivity index is 2.02. The van der Waals surface area contributed by atoms with Gasteiger partial charge in [0.2, 0.25) is 0 Å². The van der Waals surface area contributed by atoms with E-state index < -0.39 is 5.97 Å². The highest BCUT2D eigenvalue weighted by molar-refractivity contribution is 5.95. The van der Waals surface area contributed by atoms with Crippen LogP contribution in [-0.2, 0) is 25.4 Å². The van der Waals surface area contributed by atoms with Gasteiger partial charge >= 0.3 is 5.97 Å². The first-order valence-corrected chi connectivity index (χ1v) is 6.48. The van der Waals surface area contributed by atoms with E-state index in [9.17, 15) is 9.59 Å². The van der Waals surface area contributed by atoms with Crippen molar-refractivity contribution in [2.24, 2.45) is 14.1 Å². The van der Waals surface area contributed by atoms with Crippen molar-refractivity contribution >= 4 is 11.9 Å². The predicted molar refractivity (Wildman–Crippen MR) is 73.5 cm³/mol. The van der Waals surface area contributed by atoms with Gasteiger partial charge in [0.15, 0.2) is 5.69 Å². The molecule has 0 aliphatic carbocycles. The number of amides is 1. The third-order valence-electron chi connectivity index (χ3n) is 2.81. The Labute approximate surface area is 121 Å². The number of nitrogens with one attached hydrogen (secondary N) is 1. The highest BCUT2D eigenvalue weighted by Gasteiger charge is 2.18. The van der Waals surface area contributed by atoms with E-state index in [2.05, 4.69) is 15.5 Å². The lowest BCUT2D eigenvalue weighted by Gasteiger charge is -1.99. The Kier molecular flexibility index (Phi) is 4.36. The molecule has 8 heteroatoms. The van der Waals surface area contributed by atoms with Crippen LogP contribution in [0.2, 0.25) is 0 Å². The van der Waals surface area contributed by atoms with Crippen LogP contribution in [0.4, 0.5) is 0 Å². The highest BCUT2D eigenvalue weighted by Crippen LogP contribution is 2.06. The summed E-state index contributed by atoms with van der Waals surface area (Å²) in [6, 6.07) is 1.41. The van der Waals surface area contributed by atoms with Gasteiger partial charge in [-0.05, 0) is 6.92 Å². The van der Waals surface area contributed by atoms with Crippen LogP contribution in [0.25, 0.3) is 0 Å². The molecular weight excluding hydrogens is 274 g/mol. The van der Waals surface area contributed by atoms with Crippen LogP contribution in [0.15, 0.2) is 18.5 Å². The van der Waals surface area contributed by atoms with E-state index in [0.29, 0.717) is 6.54 Å². The molecule has 2 heterocycles. The average Bonchev–Trinajstić information content (AvgIpc) is 3.02. The van der Waals surface area contributed by atoms with E-state index in [4.69, 9.17) is 4.74 Å². The summed E-state index contributed by atoms with van der Waals surface area (Å²) in [4.78, 5) is 23.7. The first-order valence-electron chi connectivity index (χ1n) is 6.48. The fraction of sp³-hybridized carbons (Fsp3) is 0.385. The maximum absolute atomic E-state index is 12.0. The second kappa shape index (κ2) is 6.21. The number of ether oxygens (including phenoxy) is 1. The Morgan fingerprint density at radius 1 is 1.38 bits per heavy atom. The maximum atomic E-state index is 12.0. The molecule has 0 saturated carbocycles. The molecule has 8 nitrogen and oxygen atoms in total. The molecule has 2 aromatic rings. The molecule has 21 heavy (non-hydrogen) atoms. The predicted octanol–water partition coefficient (Wildman–Crippen LogP) is 0.260. The largest absolute Gasteiger partial charge is 0.461 e. The molecular formula is C13H17N5O3. The van der Waals surface area contributed by atoms with Gasteiger partial charge in [-0.25, -0.2) is 4.79 Å². The summed E-state index contributed by atoms with van der Waals surface area (Å²) in [5.74, 6) is -0.858. The summed E-state index contributed by atoms with van der Waals surface area (Å²) in [5, 5.41) is 10.7. The van der Waals surface area contributed by atoms with Crippen molar-refractivity contribution in [1.82, 2.24) is 24.9 Å². The fourth-order valence-corrected chi connectivity index (χ4v) is 1.81. The number of hydrogen-bond acceptors (Lipinski definition) is 5. The van der Waals surface area contributed by atoms with Crippen molar-refractivity contribution in [3.8, 4) is 0 Å². The van der Waals surface area contributed by atoms with E-state index in [0.717, 1.165) is 5.56 Å². The summed E-state index contributed by atoms with van der Waals surface area (Å²) in [6.07, 6.45) is 3.48. The standard InChI is InChI=1S/C13H17N5O3/c1-4-21-13(20)11-5-10(16-18(11)3)12(19)14-6-9-7-15-17(2)8-9/h5,7-8H,4,6H2,1-3H3,(H,14,19). The van der Waals surface area contributed by atoms with Crippen LogP contribution >= 0.6 is 0 Å². The van der Waals surface area contributed by atoms with Gasteiger partial charge in [0.25, 0.3) is 5.91 Å². The number of esters is 1. The van der Waals surface area contributed by atoms with E-state index in [1.807, 2.05) is 6.20 Å². The van der Waals surface area contributed by atoms with Crippen molar-refractivity contribution in [1.29, 1.82) is 0 Å². The molecule has 0 atom stereocenters. The monoisotopic (exact) mass is 291 g/mol.